The van der Waals surface area contributed by atoms with Gasteiger partial charge in [-0.2, -0.15) is 0 Å². The number of para-hydroxylation sites is 1. The molecular formula is C26H22ClN3O2S. The van der Waals surface area contributed by atoms with Crippen LogP contribution in [-0.2, 0) is 11.3 Å². The van der Waals surface area contributed by atoms with Crippen LogP contribution in [0.3, 0.4) is 0 Å². The molecule has 1 aromatic heterocycles. The van der Waals surface area contributed by atoms with Crippen molar-refractivity contribution < 1.29 is 4.79 Å². The first-order valence-electron chi connectivity index (χ1n) is 10.4. The number of carbonyl (C=O) groups is 1. The lowest BCUT2D eigenvalue weighted by Gasteiger charge is -2.17. The van der Waals surface area contributed by atoms with Crippen molar-refractivity contribution in [1.82, 2.24) is 9.55 Å². The van der Waals surface area contributed by atoms with Crippen LogP contribution in [0.15, 0.2) is 95.4 Å². The van der Waals surface area contributed by atoms with Crippen LogP contribution in [0.1, 0.15) is 6.92 Å². The van der Waals surface area contributed by atoms with E-state index in [9.17, 15) is 9.59 Å². The van der Waals surface area contributed by atoms with Crippen molar-refractivity contribution in [2.24, 2.45) is 0 Å². The molecule has 0 saturated carbocycles. The van der Waals surface area contributed by atoms with E-state index in [0.29, 0.717) is 21.1 Å². The molecule has 4 rings (SSSR count). The van der Waals surface area contributed by atoms with Gasteiger partial charge in [0.05, 0.1) is 16.2 Å². The van der Waals surface area contributed by atoms with Crippen molar-refractivity contribution in [3.8, 4) is 11.1 Å². The summed E-state index contributed by atoms with van der Waals surface area (Å²) in [6, 6.07) is 22.6. The summed E-state index contributed by atoms with van der Waals surface area (Å²) in [7, 11) is 0. The third-order valence-electron chi connectivity index (χ3n) is 5.11. The standard InChI is InChI=1S/C26H22ClN3O2S/c1-3-15-30-25(32)21-16-19(27)13-14-23(21)29-26(30)33-17(2)24(31)28-22-12-8-7-11-20(22)18-9-5-4-6-10-18/h3-14,16-17H,1,15H2,2H3,(H,28,31)/t17-/m1/s1. The van der Waals surface area contributed by atoms with Gasteiger partial charge < -0.3 is 5.32 Å². The molecule has 1 N–H and O–H groups in total. The van der Waals surface area contributed by atoms with Crippen LogP contribution < -0.4 is 10.9 Å². The molecule has 0 unspecified atom stereocenters. The van der Waals surface area contributed by atoms with Crippen LogP contribution in [0.2, 0.25) is 5.02 Å². The van der Waals surface area contributed by atoms with Crippen molar-refractivity contribution in [3.05, 3.63) is 101 Å². The van der Waals surface area contributed by atoms with Gasteiger partial charge in [0.15, 0.2) is 5.16 Å². The highest BCUT2D eigenvalue weighted by molar-refractivity contribution is 8.00. The van der Waals surface area contributed by atoms with Crippen LogP contribution in [0.4, 0.5) is 5.69 Å². The van der Waals surface area contributed by atoms with E-state index in [2.05, 4.69) is 16.9 Å². The first-order valence-corrected chi connectivity index (χ1v) is 11.7. The average molecular weight is 476 g/mol. The van der Waals surface area contributed by atoms with E-state index < -0.39 is 5.25 Å². The van der Waals surface area contributed by atoms with Gasteiger partial charge in [-0.15, -0.1) is 6.58 Å². The average Bonchev–Trinajstić information content (AvgIpc) is 2.83. The predicted octanol–water partition coefficient (Wildman–Crippen LogP) is 6.02. The zero-order valence-corrected chi connectivity index (χ0v) is 19.6. The number of anilines is 1. The Hall–Kier alpha value is -3.35. The van der Waals surface area contributed by atoms with Gasteiger partial charge in [-0.25, -0.2) is 4.98 Å². The van der Waals surface area contributed by atoms with E-state index in [4.69, 9.17) is 11.6 Å². The number of halogens is 1. The predicted molar refractivity (Wildman–Crippen MR) is 137 cm³/mol. The molecule has 1 atom stereocenters. The SMILES string of the molecule is C=CCn1c(S[C@H](C)C(=O)Nc2ccccc2-c2ccccc2)nc2ccc(Cl)cc2c1=O. The molecule has 5 nitrogen and oxygen atoms in total. The highest BCUT2D eigenvalue weighted by atomic mass is 35.5. The fraction of sp³-hybridized carbons (Fsp3) is 0.115. The monoisotopic (exact) mass is 475 g/mol. The summed E-state index contributed by atoms with van der Waals surface area (Å²) in [5.41, 5.74) is 3.00. The number of hydrogen-bond donors (Lipinski definition) is 1. The van der Waals surface area contributed by atoms with Gasteiger partial charge in [-0.3, -0.25) is 14.2 Å². The van der Waals surface area contributed by atoms with E-state index >= 15 is 0 Å². The number of carbonyl (C=O) groups excluding carboxylic acids is 1. The molecule has 4 aromatic rings. The minimum Gasteiger partial charge on any atom is -0.325 e. The Morgan fingerprint density at radius 3 is 2.64 bits per heavy atom. The van der Waals surface area contributed by atoms with Crippen LogP contribution in [-0.4, -0.2) is 20.7 Å². The Bertz CT molecular complexity index is 1390. The van der Waals surface area contributed by atoms with Crippen LogP contribution in [0.25, 0.3) is 22.0 Å². The maximum absolute atomic E-state index is 13.1. The second-order valence-electron chi connectivity index (χ2n) is 7.42. The van der Waals surface area contributed by atoms with Gasteiger partial charge in [0, 0.05) is 22.8 Å². The number of nitrogens with one attached hydrogen (secondary N) is 1. The lowest BCUT2D eigenvalue weighted by atomic mass is 10.0. The molecule has 0 spiro atoms. The third-order valence-corrected chi connectivity index (χ3v) is 6.44. The van der Waals surface area contributed by atoms with Crippen molar-refractivity contribution in [3.63, 3.8) is 0 Å². The maximum Gasteiger partial charge on any atom is 0.262 e. The molecule has 1 amide bonds. The molecule has 1 heterocycles. The Morgan fingerprint density at radius 2 is 1.88 bits per heavy atom. The Kier molecular flexibility index (Phi) is 6.96. The maximum atomic E-state index is 13.1. The molecule has 0 aliphatic carbocycles. The Balaban J connectivity index is 1.62. The number of allylic oxidation sites excluding steroid dienone is 1. The van der Waals surface area contributed by atoms with Gasteiger partial charge >= 0.3 is 0 Å². The first kappa shape index (κ1) is 22.8. The quantitative estimate of drug-likeness (QED) is 0.201. The summed E-state index contributed by atoms with van der Waals surface area (Å²) >= 11 is 7.30. The zero-order valence-electron chi connectivity index (χ0n) is 18.0. The number of thioether (sulfide) groups is 1. The van der Waals surface area contributed by atoms with Gasteiger partial charge in [0.25, 0.3) is 5.56 Å². The van der Waals surface area contributed by atoms with E-state index in [-0.39, 0.29) is 18.0 Å². The number of amides is 1. The van der Waals surface area contributed by atoms with E-state index in [1.54, 1.807) is 31.2 Å². The van der Waals surface area contributed by atoms with Crippen molar-refractivity contribution in [1.29, 1.82) is 0 Å². The summed E-state index contributed by atoms with van der Waals surface area (Å²) in [5.74, 6) is -0.181. The number of aromatic nitrogens is 2. The highest BCUT2D eigenvalue weighted by Crippen LogP contribution is 2.29. The van der Waals surface area contributed by atoms with Crippen LogP contribution in [0, 0.1) is 0 Å². The Morgan fingerprint density at radius 1 is 1.15 bits per heavy atom. The lowest BCUT2D eigenvalue weighted by Crippen LogP contribution is -2.27. The second-order valence-corrected chi connectivity index (χ2v) is 9.17. The molecule has 0 radical (unpaired) electrons. The number of nitrogens with zero attached hydrogens (tertiary/aromatic N) is 2. The van der Waals surface area contributed by atoms with Gasteiger partial charge in [0.1, 0.15) is 0 Å². The molecule has 166 valence electrons. The minimum atomic E-state index is -0.499. The third kappa shape index (κ3) is 5.02. The molecule has 33 heavy (non-hydrogen) atoms. The minimum absolute atomic E-state index is 0.181. The first-order chi connectivity index (χ1) is 16.0. The lowest BCUT2D eigenvalue weighted by molar-refractivity contribution is -0.115. The molecule has 0 fully saturated rings. The number of fused-ring (bicyclic) bond motifs is 1. The smallest absolute Gasteiger partial charge is 0.262 e. The molecule has 0 aliphatic rings. The van der Waals surface area contributed by atoms with E-state index in [1.165, 1.54) is 16.3 Å². The topological polar surface area (TPSA) is 64.0 Å². The summed E-state index contributed by atoms with van der Waals surface area (Å²) < 4.78 is 1.51. The summed E-state index contributed by atoms with van der Waals surface area (Å²) in [6.45, 7) is 5.82. The molecule has 3 aromatic carbocycles. The molecule has 0 saturated heterocycles. The Labute approximate surface area is 201 Å². The van der Waals surface area contributed by atoms with Crippen molar-refractivity contribution >= 4 is 45.9 Å². The molecule has 0 aliphatic heterocycles. The fourth-order valence-corrected chi connectivity index (χ4v) is 4.55. The van der Waals surface area contributed by atoms with E-state index in [0.717, 1.165) is 16.8 Å². The van der Waals surface area contributed by atoms with Crippen LogP contribution in [0.5, 0.6) is 0 Å². The van der Waals surface area contributed by atoms with Gasteiger partial charge in [-0.05, 0) is 36.8 Å². The largest absolute Gasteiger partial charge is 0.325 e. The zero-order chi connectivity index (χ0) is 23.4. The number of hydrogen-bond acceptors (Lipinski definition) is 4. The highest BCUT2D eigenvalue weighted by Gasteiger charge is 2.20. The summed E-state index contributed by atoms with van der Waals surface area (Å²) in [5, 5.41) is 3.88. The molecule has 7 heteroatoms. The summed E-state index contributed by atoms with van der Waals surface area (Å²) in [4.78, 5) is 30.7. The number of rotatable bonds is 7. The molecule has 0 bridgehead atoms. The van der Waals surface area contributed by atoms with Crippen LogP contribution >= 0.6 is 23.4 Å². The number of benzene rings is 3. The van der Waals surface area contributed by atoms with Crippen molar-refractivity contribution in [2.45, 2.75) is 23.9 Å². The fourth-order valence-electron chi connectivity index (χ4n) is 3.46. The second kappa shape index (κ2) is 10.1. The van der Waals surface area contributed by atoms with Gasteiger partial charge in [-0.1, -0.05) is 78.0 Å². The van der Waals surface area contributed by atoms with Gasteiger partial charge in [0.2, 0.25) is 5.91 Å². The van der Waals surface area contributed by atoms with E-state index in [1.807, 2.05) is 54.6 Å². The van der Waals surface area contributed by atoms with Crippen molar-refractivity contribution in [2.75, 3.05) is 5.32 Å². The normalized spacial score (nSPS) is 11.8. The summed E-state index contributed by atoms with van der Waals surface area (Å²) in [6.07, 6.45) is 1.63. The molecular weight excluding hydrogens is 454 g/mol.